The van der Waals surface area contributed by atoms with Gasteiger partial charge in [0.15, 0.2) is 0 Å². The summed E-state index contributed by atoms with van der Waals surface area (Å²) in [5, 5.41) is 16.3. The fourth-order valence-corrected chi connectivity index (χ4v) is 4.12. The number of halogens is 3. The molecule has 0 radical (unpaired) electrons. The predicted octanol–water partition coefficient (Wildman–Crippen LogP) is 0.420. The second-order valence-corrected chi connectivity index (χ2v) is 7.08. The number of nitrogens with two attached hydrogens (primary N) is 1. The second-order valence-electron chi connectivity index (χ2n) is 5.81. The van der Waals surface area contributed by atoms with Crippen molar-refractivity contribution in [2.45, 2.75) is 49.2 Å². The van der Waals surface area contributed by atoms with E-state index in [9.17, 15) is 22.8 Å². The van der Waals surface area contributed by atoms with Gasteiger partial charge in [-0.3, -0.25) is 4.79 Å². The van der Waals surface area contributed by atoms with E-state index in [1.165, 1.54) is 0 Å². The van der Waals surface area contributed by atoms with Gasteiger partial charge in [0.1, 0.15) is 0 Å². The summed E-state index contributed by atoms with van der Waals surface area (Å²) in [7, 11) is 0. The highest BCUT2D eigenvalue weighted by Crippen LogP contribution is 2.33. The number of hydrogen-bond donors (Lipinski definition) is 5. The van der Waals surface area contributed by atoms with Gasteiger partial charge in [0.2, 0.25) is 5.91 Å². The van der Waals surface area contributed by atoms with Crippen molar-refractivity contribution in [3.05, 3.63) is 0 Å². The van der Waals surface area contributed by atoms with Gasteiger partial charge in [-0.05, 0) is 12.8 Å². The molecule has 150 valence electrons. The van der Waals surface area contributed by atoms with Gasteiger partial charge in [0.05, 0.1) is 12.1 Å². The van der Waals surface area contributed by atoms with Crippen molar-refractivity contribution in [2.24, 2.45) is 5.73 Å². The van der Waals surface area contributed by atoms with E-state index in [0.717, 1.165) is 25.0 Å². The number of urea groups is 1. The maximum atomic E-state index is 11.4. The summed E-state index contributed by atoms with van der Waals surface area (Å²) < 4.78 is 31.7. The average molecular weight is 400 g/mol. The Morgan fingerprint density at radius 1 is 1.31 bits per heavy atom. The van der Waals surface area contributed by atoms with Crippen LogP contribution in [0.2, 0.25) is 0 Å². The van der Waals surface area contributed by atoms with Crippen molar-refractivity contribution in [1.82, 2.24) is 16.0 Å². The molecule has 12 heteroatoms. The third kappa shape index (κ3) is 7.68. The molecule has 2 heterocycles. The number of carboxylic acids is 1. The molecular formula is C14H23F3N4O4S. The molecule has 2 aliphatic rings. The molecule has 2 aliphatic heterocycles. The van der Waals surface area contributed by atoms with Gasteiger partial charge in [-0.15, -0.1) is 0 Å². The molecule has 2 saturated heterocycles. The number of hydrogen-bond acceptors (Lipinski definition) is 5. The molecule has 8 nitrogen and oxygen atoms in total. The topological polar surface area (TPSA) is 134 Å². The summed E-state index contributed by atoms with van der Waals surface area (Å²) >= 11 is 1.91. The Balaban J connectivity index is 0.000000412. The molecule has 26 heavy (non-hydrogen) atoms. The minimum atomic E-state index is -5.08. The normalized spacial score (nSPS) is 24.0. The highest BCUT2D eigenvalue weighted by atomic mass is 32.2. The Bertz CT molecular complexity index is 507. The first-order chi connectivity index (χ1) is 12.1. The first-order valence-corrected chi connectivity index (χ1v) is 9.15. The third-order valence-corrected chi connectivity index (χ3v) is 5.30. The van der Waals surface area contributed by atoms with Gasteiger partial charge in [-0.1, -0.05) is 6.42 Å². The fraction of sp³-hybridized carbons (Fsp3) is 0.786. The number of carbonyl (C=O) groups excluding carboxylic acids is 2. The molecule has 2 unspecified atom stereocenters. The van der Waals surface area contributed by atoms with Crippen LogP contribution in [0.4, 0.5) is 18.0 Å². The molecule has 0 bridgehead atoms. The maximum Gasteiger partial charge on any atom is 0.490 e. The first kappa shape index (κ1) is 22.4. The Kier molecular flexibility index (Phi) is 8.99. The van der Waals surface area contributed by atoms with E-state index in [1.807, 2.05) is 11.8 Å². The number of amides is 3. The van der Waals surface area contributed by atoms with Gasteiger partial charge in [-0.25, -0.2) is 9.59 Å². The summed E-state index contributed by atoms with van der Waals surface area (Å²) in [5.74, 6) is -1.68. The van der Waals surface area contributed by atoms with E-state index in [2.05, 4.69) is 16.0 Å². The highest BCUT2D eigenvalue weighted by molar-refractivity contribution is 8.00. The minimum absolute atomic E-state index is 0.0403. The van der Waals surface area contributed by atoms with Crippen molar-refractivity contribution in [3.8, 4) is 0 Å². The number of thioether (sulfide) groups is 1. The van der Waals surface area contributed by atoms with Gasteiger partial charge in [-0.2, -0.15) is 24.9 Å². The van der Waals surface area contributed by atoms with E-state index >= 15 is 0 Å². The second kappa shape index (κ2) is 10.5. The number of rotatable bonds is 7. The zero-order valence-corrected chi connectivity index (χ0v) is 14.8. The Labute approximate surface area is 152 Å². The van der Waals surface area contributed by atoms with Crippen LogP contribution in [0.5, 0.6) is 0 Å². The molecule has 0 aromatic carbocycles. The SMILES string of the molecule is NCCNC(=O)CCCC[C@@H]1SCC2NC(=O)NC21.O=C(O)C(F)(F)F. The lowest BCUT2D eigenvalue weighted by Crippen LogP contribution is -2.36. The molecule has 0 aromatic heterocycles. The first-order valence-electron chi connectivity index (χ1n) is 8.10. The molecule has 2 fully saturated rings. The van der Waals surface area contributed by atoms with E-state index in [0.29, 0.717) is 24.8 Å². The van der Waals surface area contributed by atoms with E-state index < -0.39 is 12.1 Å². The Morgan fingerprint density at radius 3 is 2.54 bits per heavy atom. The smallest absolute Gasteiger partial charge is 0.475 e. The fourth-order valence-electron chi connectivity index (χ4n) is 2.57. The molecule has 6 N–H and O–H groups in total. The molecule has 2 rings (SSSR count). The van der Waals surface area contributed by atoms with Gasteiger partial charge in [0, 0.05) is 30.5 Å². The van der Waals surface area contributed by atoms with Crippen LogP contribution in [0, 0.1) is 0 Å². The lowest BCUT2D eigenvalue weighted by molar-refractivity contribution is -0.192. The minimum Gasteiger partial charge on any atom is -0.475 e. The van der Waals surface area contributed by atoms with E-state index in [-0.39, 0.29) is 24.0 Å². The van der Waals surface area contributed by atoms with Crippen LogP contribution in [0.3, 0.4) is 0 Å². The number of carbonyl (C=O) groups is 3. The van der Waals surface area contributed by atoms with Crippen LogP contribution >= 0.6 is 11.8 Å². The zero-order chi connectivity index (χ0) is 19.7. The Morgan fingerprint density at radius 2 is 1.96 bits per heavy atom. The highest BCUT2D eigenvalue weighted by Gasteiger charge is 2.42. The molecule has 3 amide bonds. The molecule has 0 saturated carbocycles. The number of aliphatic carboxylic acids is 1. The van der Waals surface area contributed by atoms with Crippen molar-refractivity contribution in [2.75, 3.05) is 18.8 Å². The molecule has 0 aliphatic carbocycles. The van der Waals surface area contributed by atoms with Crippen LogP contribution in [-0.4, -0.2) is 65.4 Å². The Hall–Kier alpha value is -1.69. The lowest BCUT2D eigenvalue weighted by atomic mass is 10.0. The number of alkyl halides is 3. The van der Waals surface area contributed by atoms with Gasteiger partial charge < -0.3 is 26.8 Å². The maximum absolute atomic E-state index is 11.4. The number of carboxylic acid groups (broad SMARTS) is 1. The molecule has 3 atom stereocenters. The van der Waals surface area contributed by atoms with Crippen molar-refractivity contribution in [1.29, 1.82) is 0 Å². The number of nitrogens with one attached hydrogen (secondary N) is 3. The summed E-state index contributed by atoms with van der Waals surface area (Å²) in [6.45, 7) is 1.04. The van der Waals surface area contributed by atoms with Crippen molar-refractivity contribution >= 4 is 29.7 Å². The zero-order valence-electron chi connectivity index (χ0n) is 14.0. The summed E-state index contributed by atoms with van der Waals surface area (Å²) in [6.07, 6.45) is -1.55. The van der Waals surface area contributed by atoms with Gasteiger partial charge >= 0.3 is 18.2 Å². The monoisotopic (exact) mass is 400 g/mol. The van der Waals surface area contributed by atoms with Crippen LogP contribution in [0.1, 0.15) is 25.7 Å². The van der Waals surface area contributed by atoms with Crippen LogP contribution in [-0.2, 0) is 9.59 Å². The number of fused-ring (bicyclic) bond motifs is 1. The van der Waals surface area contributed by atoms with Gasteiger partial charge in [0.25, 0.3) is 0 Å². The molecular weight excluding hydrogens is 377 g/mol. The molecule has 0 spiro atoms. The summed E-state index contributed by atoms with van der Waals surface area (Å²) in [4.78, 5) is 31.5. The lowest BCUT2D eigenvalue weighted by Gasteiger charge is -2.16. The summed E-state index contributed by atoms with van der Waals surface area (Å²) in [5.41, 5.74) is 5.32. The van der Waals surface area contributed by atoms with Crippen molar-refractivity contribution in [3.63, 3.8) is 0 Å². The largest absolute Gasteiger partial charge is 0.490 e. The quantitative estimate of drug-likeness (QED) is 0.311. The van der Waals surface area contributed by atoms with E-state index in [4.69, 9.17) is 15.6 Å². The van der Waals surface area contributed by atoms with Crippen LogP contribution in [0.15, 0.2) is 0 Å². The predicted molar refractivity (Wildman–Crippen MR) is 89.7 cm³/mol. The van der Waals surface area contributed by atoms with Crippen LogP contribution in [0.25, 0.3) is 0 Å². The third-order valence-electron chi connectivity index (χ3n) is 3.79. The van der Waals surface area contributed by atoms with Crippen molar-refractivity contribution < 1.29 is 32.7 Å². The van der Waals surface area contributed by atoms with E-state index in [1.54, 1.807) is 0 Å². The standard InChI is InChI=1S/C12H22N4O2S.C2HF3O2/c13-5-6-14-10(17)4-2-1-3-9-11-8(7-19-9)15-12(18)16-11;3-2(4,5)1(6)7/h8-9,11H,1-7,13H2,(H,14,17)(H2,15,16,18);(H,6,7)/t8?,9-,11?;/m0./s1. The van der Waals surface area contributed by atoms with Crippen LogP contribution < -0.4 is 21.7 Å². The molecule has 0 aromatic rings. The average Bonchev–Trinajstić information content (AvgIpc) is 3.08. The number of unbranched alkanes of at least 4 members (excludes halogenated alkanes) is 1. The summed E-state index contributed by atoms with van der Waals surface area (Å²) in [6, 6.07) is 0.514.